The number of nitrogens with zero attached hydrogens (tertiary/aromatic N) is 6. The van der Waals surface area contributed by atoms with Crippen LogP contribution < -0.4 is 16.1 Å². The number of benzene rings is 1. The maximum Gasteiger partial charge on any atom is 0.338 e. The molecule has 5 amide bonds. The highest BCUT2D eigenvalue weighted by molar-refractivity contribution is 7.82. The molecule has 1 saturated heterocycles. The Balaban J connectivity index is 1.41. The molecule has 3 N–H and O–H groups in total. The van der Waals surface area contributed by atoms with Crippen LogP contribution in [0.2, 0.25) is 0 Å². The molecule has 2 aliphatic rings. The van der Waals surface area contributed by atoms with Crippen molar-refractivity contribution in [1.82, 2.24) is 45.4 Å². The van der Waals surface area contributed by atoms with Gasteiger partial charge < -0.3 is 34.5 Å². The number of cyclic esters (lactones) is 1. The molecular formula is C47H63N9O7S2. The summed E-state index contributed by atoms with van der Waals surface area (Å²) < 4.78 is 14.2. The molecule has 18 heteroatoms. The first kappa shape index (κ1) is 49.1. The SMILES string of the molecule is C=CC(=O)NCCN(C)C(=O)N(C)C(C(=O)N[C@H]1Cc2nc(cs2)-c2ccc3c(c2)c(c(-c2cccnc2[C@H](C)OC)n3CC)CC(C)(C)COC(=O)[C@@]2(S)CCCN(N2)C1=O)C(C)C. The van der Waals surface area contributed by atoms with E-state index in [1.165, 1.54) is 33.2 Å². The molecule has 4 atom stereocenters. The summed E-state index contributed by atoms with van der Waals surface area (Å²) in [4.78, 5) is 79.5. The van der Waals surface area contributed by atoms with Crippen molar-refractivity contribution in [2.75, 3.05) is 47.4 Å². The maximum atomic E-state index is 14.7. The Morgan fingerprint density at radius 3 is 2.63 bits per heavy atom. The molecule has 0 aliphatic carbocycles. The van der Waals surface area contributed by atoms with Gasteiger partial charge in [0.15, 0.2) is 4.87 Å². The first-order valence-corrected chi connectivity index (χ1v) is 23.4. The van der Waals surface area contributed by atoms with Gasteiger partial charge in [0.2, 0.25) is 11.8 Å². The van der Waals surface area contributed by atoms with Crippen LogP contribution in [0.1, 0.15) is 76.8 Å². The van der Waals surface area contributed by atoms with Crippen LogP contribution in [-0.4, -0.2) is 123 Å². The summed E-state index contributed by atoms with van der Waals surface area (Å²) >= 11 is 6.20. The standard InChI is InChI=1S/C47H63N9O7S2/c1-11-37(57)48-20-22-53(8)45(61)54(9)40(28(3)4)42(58)51-34-24-38-50-35(26-65-38)30-16-17-36-32(23-30)33(41(55(36)12-2)31-15-13-19-49-39(31)29(5)62-10)25-46(6,7)27-63-44(60)47(64)18-14-21-56(52-47)43(34)59/h11,13,15-17,19,23,26,28-29,34,40,52,64H,1,12,14,18,20-22,24-25,27H2,2-10H3,(H,48,57)(H,51,58)/t29-,34-,40?,47-/m0/s1. The minimum absolute atomic E-state index is 0.0301. The van der Waals surface area contributed by atoms with Crippen LogP contribution in [-0.2, 0) is 48.0 Å². The molecule has 350 valence electrons. The number of methoxy groups -OCH3 is 1. The summed E-state index contributed by atoms with van der Waals surface area (Å²) in [5, 5.41) is 10.5. The summed E-state index contributed by atoms with van der Waals surface area (Å²) in [6.45, 7) is 16.7. The molecule has 0 saturated carbocycles. The summed E-state index contributed by atoms with van der Waals surface area (Å²) in [5.41, 5.74) is 8.98. The van der Waals surface area contributed by atoms with Gasteiger partial charge in [-0.25, -0.2) is 20.0 Å². The van der Waals surface area contributed by atoms with Gasteiger partial charge in [-0.1, -0.05) is 40.3 Å². The number of pyridine rings is 1. The molecule has 16 nitrogen and oxygen atoms in total. The fraction of sp³-hybridized carbons (Fsp3) is 0.511. The van der Waals surface area contributed by atoms with Crippen molar-refractivity contribution in [3.63, 3.8) is 0 Å². The minimum Gasteiger partial charge on any atom is -0.463 e. The Bertz CT molecular complexity index is 2430. The molecule has 3 aromatic heterocycles. The van der Waals surface area contributed by atoms with Crippen molar-refractivity contribution in [3.05, 3.63) is 70.8 Å². The number of thiazole rings is 1. The number of hydrogen-bond acceptors (Lipinski definition) is 12. The average molecular weight is 930 g/mol. The average Bonchev–Trinajstić information content (AvgIpc) is 3.88. The molecular weight excluding hydrogens is 867 g/mol. The number of nitrogens with one attached hydrogen (secondary N) is 3. The third-order valence-electron chi connectivity index (χ3n) is 12.1. The number of rotatable bonds is 12. The molecule has 0 spiro atoms. The van der Waals surface area contributed by atoms with E-state index in [1.807, 2.05) is 38.3 Å². The molecule has 4 aromatic rings. The van der Waals surface area contributed by atoms with E-state index < -0.39 is 46.2 Å². The van der Waals surface area contributed by atoms with Crippen LogP contribution in [0.3, 0.4) is 0 Å². The van der Waals surface area contributed by atoms with Crippen molar-refractivity contribution in [3.8, 4) is 22.5 Å². The second-order valence-corrected chi connectivity index (χ2v) is 19.7. The van der Waals surface area contributed by atoms with Crippen molar-refractivity contribution in [1.29, 1.82) is 0 Å². The molecule has 1 unspecified atom stereocenters. The first-order valence-electron chi connectivity index (χ1n) is 22.1. The third-order valence-corrected chi connectivity index (χ3v) is 13.5. The third kappa shape index (κ3) is 10.7. The lowest BCUT2D eigenvalue weighted by Gasteiger charge is -2.41. The normalized spacial score (nSPS) is 19.8. The van der Waals surface area contributed by atoms with Gasteiger partial charge in [-0.2, -0.15) is 0 Å². The minimum atomic E-state index is -1.54. The monoisotopic (exact) mass is 929 g/mol. The number of aromatic nitrogens is 3. The fourth-order valence-corrected chi connectivity index (χ4v) is 9.88. The van der Waals surface area contributed by atoms with Gasteiger partial charge in [-0.05, 0) is 74.9 Å². The van der Waals surface area contributed by atoms with Gasteiger partial charge in [0, 0.05) is 92.8 Å². The zero-order valence-electron chi connectivity index (χ0n) is 38.9. The molecule has 5 heterocycles. The van der Waals surface area contributed by atoms with Crippen LogP contribution >= 0.6 is 24.0 Å². The number of amides is 5. The maximum absolute atomic E-state index is 14.7. The number of likely N-dealkylation sites (N-methyl/N-ethyl adjacent to an activating group) is 2. The topological polar surface area (TPSA) is 180 Å². The van der Waals surface area contributed by atoms with E-state index in [4.69, 9.17) is 32.1 Å². The predicted molar refractivity (Wildman–Crippen MR) is 255 cm³/mol. The Morgan fingerprint density at radius 2 is 1.94 bits per heavy atom. The molecule has 0 radical (unpaired) electrons. The van der Waals surface area contributed by atoms with E-state index in [0.29, 0.717) is 30.1 Å². The number of ether oxygens (including phenoxy) is 2. The van der Waals surface area contributed by atoms with Crippen molar-refractivity contribution < 1.29 is 33.4 Å². The number of aryl methyl sites for hydroxylation is 1. The zero-order chi connectivity index (χ0) is 47.4. The smallest absolute Gasteiger partial charge is 0.338 e. The van der Waals surface area contributed by atoms with Crippen LogP contribution in [0.4, 0.5) is 4.79 Å². The molecule has 65 heavy (non-hydrogen) atoms. The highest BCUT2D eigenvalue weighted by Gasteiger charge is 2.44. The molecule has 6 bridgehead atoms. The second kappa shape index (κ2) is 20.5. The summed E-state index contributed by atoms with van der Waals surface area (Å²) in [6.07, 6.45) is 3.95. The predicted octanol–water partition coefficient (Wildman–Crippen LogP) is 5.77. The number of fused-ring (bicyclic) bond motifs is 6. The lowest BCUT2D eigenvalue weighted by atomic mass is 9.84. The lowest BCUT2D eigenvalue weighted by molar-refractivity contribution is -0.157. The number of hydrazine groups is 1. The molecule has 1 fully saturated rings. The zero-order valence-corrected chi connectivity index (χ0v) is 40.6. The van der Waals surface area contributed by atoms with Gasteiger partial charge in [-0.15, -0.1) is 24.0 Å². The number of hydrogen-bond donors (Lipinski definition) is 4. The van der Waals surface area contributed by atoms with Gasteiger partial charge >= 0.3 is 12.0 Å². The van der Waals surface area contributed by atoms with Crippen molar-refractivity contribution in [2.45, 2.75) is 96.8 Å². The summed E-state index contributed by atoms with van der Waals surface area (Å²) in [6, 6.07) is 7.76. The van der Waals surface area contributed by atoms with E-state index in [0.717, 1.165) is 45.1 Å². The van der Waals surface area contributed by atoms with E-state index in [9.17, 15) is 24.0 Å². The van der Waals surface area contributed by atoms with Gasteiger partial charge in [0.25, 0.3) is 5.91 Å². The Labute approximate surface area is 390 Å². The van der Waals surface area contributed by atoms with Crippen LogP contribution in [0.15, 0.2) is 54.6 Å². The number of carbonyl (C=O) groups excluding carboxylic acids is 5. The number of carbonyl (C=O) groups is 5. The fourth-order valence-electron chi connectivity index (χ4n) is 8.69. The summed E-state index contributed by atoms with van der Waals surface area (Å²) in [7, 11) is 4.79. The Hall–Kier alpha value is -5.30. The van der Waals surface area contributed by atoms with Crippen LogP contribution in [0, 0.1) is 11.3 Å². The van der Waals surface area contributed by atoms with Gasteiger partial charge in [0.05, 0.1) is 34.8 Å². The Kier molecular flexibility index (Phi) is 15.5. The number of urea groups is 1. The number of thiol groups is 1. The largest absolute Gasteiger partial charge is 0.463 e. The molecule has 2 aliphatic heterocycles. The van der Waals surface area contributed by atoms with Gasteiger partial charge in [-0.3, -0.25) is 24.4 Å². The highest BCUT2D eigenvalue weighted by atomic mass is 32.1. The number of esters is 1. The first-order chi connectivity index (χ1) is 30.8. The van der Waals surface area contributed by atoms with Crippen LogP contribution in [0.25, 0.3) is 33.4 Å². The lowest BCUT2D eigenvalue weighted by Crippen LogP contribution is -2.65. The Morgan fingerprint density at radius 1 is 1.18 bits per heavy atom. The highest BCUT2D eigenvalue weighted by Crippen LogP contribution is 2.42. The van der Waals surface area contributed by atoms with Crippen molar-refractivity contribution >= 4 is 64.6 Å². The van der Waals surface area contributed by atoms with E-state index in [-0.39, 0.29) is 57.0 Å². The van der Waals surface area contributed by atoms with Gasteiger partial charge in [0.1, 0.15) is 12.1 Å². The second-order valence-electron chi connectivity index (χ2n) is 18.0. The van der Waals surface area contributed by atoms with E-state index in [1.54, 1.807) is 20.4 Å². The molecule has 6 rings (SSSR count). The van der Waals surface area contributed by atoms with Crippen LogP contribution in [0.5, 0.6) is 0 Å². The van der Waals surface area contributed by atoms with E-state index >= 15 is 0 Å². The molecule has 1 aromatic carbocycles. The van der Waals surface area contributed by atoms with E-state index in [2.05, 4.69) is 66.2 Å². The summed E-state index contributed by atoms with van der Waals surface area (Å²) in [5.74, 6) is -2.37. The quantitative estimate of drug-likeness (QED) is 0.0775. The van der Waals surface area contributed by atoms with Crippen molar-refractivity contribution in [2.24, 2.45) is 11.3 Å².